The maximum atomic E-state index is 12.8. The molecule has 0 bridgehead atoms. The second kappa shape index (κ2) is 8.42. The van der Waals surface area contributed by atoms with E-state index in [0.717, 1.165) is 12.8 Å². The molecule has 0 saturated carbocycles. The van der Waals surface area contributed by atoms with E-state index in [2.05, 4.69) is 21.2 Å². The molecular weight excluding hydrogens is 446 g/mol. The number of para-hydroxylation sites is 1. The molecule has 2 aromatic rings. The van der Waals surface area contributed by atoms with Gasteiger partial charge >= 0.3 is 0 Å². The van der Waals surface area contributed by atoms with Gasteiger partial charge in [-0.15, -0.1) is 0 Å². The van der Waals surface area contributed by atoms with Crippen LogP contribution in [0.2, 0.25) is 0 Å². The van der Waals surface area contributed by atoms with Crippen LogP contribution >= 0.6 is 15.9 Å². The molecule has 148 valence electrons. The minimum absolute atomic E-state index is 0.0129. The van der Waals surface area contributed by atoms with Gasteiger partial charge in [0.2, 0.25) is 15.9 Å². The van der Waals surface area contributed by atoms with Crippen molar-refractivity contribution in [2.45, 2.75) is 24.2 Å². The zero-order chi connectivity index (χ0) is 20.3. The van der Waals surface area contributed by atoms with Gasteiger partial charge in [0.25, 0.3) is 5.91 Å². The third kappa shape index (κ3) is 4.43. The number of nitrogens with one attached hydrogen (secondary N) is 1. The lowest BCUT2D eigenvalue weighted by atomic mass is 10.1. The van der Waals surface area contributed by atoms with E-state index in [1.54, 1.807) is 30.3 Å². The predicted molar refractivity (Wildman–Crippen MR) is 109 cm³/mol. The van der Waals surface area contributed by atoms with Crippen molar-refractivity contribution in [1.29, 1.82) is 0 Å². The van der Waals surface area contributed by atoms with Crippen molar-refractivity contribution in [3.05, 3.63) is 58.1 Å². The normalized spacial score (nSPS) is 14.8. The Bertz CT molecular complexity index is 1020. The van der Waals surface area contributed by atoms with Gasteiger partial charge in [-0.3, -0.25) is 9.59 Å². The fraction of sp³-hybridized carbons (Fsp3) is 0.263. The van der Waals surface area contributed by atoms with Gasteiger partial charge in [0.05, 0.1) is 16.9 Å². The summed E-state index contributed by atoms with van der Waals surface area (Å²) in [6.07, 6.45) is 1.65. The quantitative estimate of drug-likeness (QED) is 0.682. The summed E-state index contributed by atoms with van der Waals surface area (Å²) < 4.78 is 27.5. The second-order valence-corrected chi connectivity index (χ2v) is 9.30. The lowest BCUT2D eigenvalue weighted by Gasteiger charge is -2.17. The van der Waals surface area contributed by atoms with Gasteiger partial charge in [-0.1, -0.05) is 18.2 Å². The van der Waals surface area contributed by atoms with Crippen molar-refractivity contribution in [2.24, 2.45) is 5.73 Å². The molecule has 0 radical (unpaired) electrons. The highest BCUT2D eigenvalue weighted by Crippen LogP contribution is 2.26. The maximum absolute atomic E-state index is 12.8. The lowest BCUT2D eigenvalue weighted by Crippen LogP contribution is -2.28. The average molecular weight is 466 g/mol. The van der Waals surface area contributed by atoms with Crippen LogP contribution < -0.4 is 11.1 Å². The molecule has 2 aromatic carbocycles. The molecule has 1 saturated heterocycles. The first-order valence-corrected chi connectivity index (χ1v) is 11.0. The second-order valence-electron chi connectivity index (χ2n) is 6.51. The Labute approximate surface area is 172 Å². The summed E-state index contributed by atoms with van der Waals surface area (Å²) in [5.41, 5.74) is 6.48. The zero-order valence-electron chi connectivity index (χ0n) is 15.0. The SMILES string of the molecule is NC(=O)Cc1ccccc1NC(=O)c1cc(S(=O)(=O)N2CCCC2)ccc1Br. The van der Waals surface area contributed by atoms with E-state index in [0.29, 0.717) is 28.8 Å². The monoisotopic (exact) mass is 465 g/mol. The Kier molecular flexibility index (Phi) is 6.17. The van der Waals surface area contributed by atoms with Crippen LogP contribution in [0.4, 0.5) is 5.69 Å². The number of amides is 2. The summed E-state index contributed by atoms with van der Waals surface area (Å²) >= 11 is 3.31. The molecule has 1 aliphatic rings. The van der Waals surface area contributed by atoms with E-state index in [1.807, 2.05) is 0 Å². The molecular formula is C19H20BrN3O4S. The van der Waals surface area contributed by atoms with Crippen molar-refractivity contribution in [3.8, 4) is 0 Å². The van der Waals surface area contributed by atoms with Crippen molar-refractivity contribution < 1.29 is 18.0 Å². The Balaban J connectivity index is 1.90. The number of halogens is 1. The minimum atomic E-state index is -3.64. The van der Waals surface area contributed by atoms with Crippen LogP contribution in [0.3, 0.4) is 0 Å². The highest BCUT2D eigenvalue weighted by molar-refractivity contribution is 9.10. The third-order valence-corrected chi connectivity index (χ3v) is 7.10. The highest BCUT2D eigenvalue weighted by Gasteiger charge is 2.28. The maximum Gasteiger partial charge on any atom is 0.256 e. The smallest absolute Gasteiger partial charge is 0.256 e. The fourth-order valence-corrected chi connectivity index (χ4v) is 5.06. The molecule has 28 heavy (non-hydrogen) atoms. The van der Waals surface area contributed by atoms with Crippen LogP contribution in [0.25, 0.3) is 0 Å². The van der Waals surface area contributed by atoms with E-state index in [1.165, 1.54) is 16.4 Å². The Morgan fingerprint density at radius 2 is 1.79 bits per heavy atom. The largest absolute Gasteiger partial charge is 0.369 e. The number of rotatable bonds is 6. The number of sulfonamides is 1. The number of nitrogens with two attached hydrogens (primary N) is 1. The van der Waals surface area contributed by atoms with Gasteiger partial charge in [0.15, 0.2) is 0 Å². The molecule has 0 spiro atoms. The summed E-state index contributed by atoms with van der Waals surface area (Å²) in [6.45, 7) is 0.973. The summed E-state index contributed by atoms with van der Waals surface area (Å²) in [7, 11) is -3.64. The van der Waals surface area contributed by atoms with Gasteiger partial charge in [-0.2, -0.15) is 4.31 Å². The number of benzene rings is 2. The zero-order valence-corrected chi connectivity index (χ0v) is 17.4. The third-order valence-electron chi connectivity index (χ3n) is 4.52. The Morgan fingerprint density at radius 3 is 2.46 bits per heavy atom. The first-order chi connectivity index (χ1) is 13.3. The standard InChI is InChI=1S/C19H20BrN3O4S/c20-16-8-7-14(28(26,27)23-9-3-4-10-23)12-15(16)19(25)22-17-6-2-1-5-13(17)11-18(21)24/h1-2,5-8,12H,3-4,9-11H2,(H2,21,24)(H,22,25). The van der Waals surface area contributed by atoms with Crippen LogP contribution in [-0.2, 0) is 21.2 Å². The van der Waals surface area contributed by atoms with E-state index < -0.39 is 21.8 Å². The molecule has 1 fully saturated rings. The van der Waals surface area contributed by atoms with Crippen molar-refractivity contribution in [3.63, 3.8) is 0 Å². The molecule has 0 aromatic heterocycles. The summed E-state index contributed by atoms with van der Waals surface area (Å²) in [5.74, 6) is -0.996. The first kappa shape index (κ1) is 20.5. The summed E-state index contributed by atoms with van der Waals surface area (Å²) in [5, 5.41) is 2.74. The molecule has 0 unspecified atom stereocenters. The fourth-order valence-electron chi connectivity index (χ4n) is 3.09. The van der Waals surface area contributed by atoms with Gasteiger partial charge in [0, 0.05) is 23.2 Å². The van der Waals surface area contributed by atoms with E-state index >= 15 is 0 Å². The minimum Gasteiger partial charge on any atom is -0.369 e. The van der Waals surface area contributed by atoms with Crippen LogP contribution in [0.15, 0.2) is 51.8 Å². The molecule has 2 amide bonds. The van der Waals surface area contributed by atoms with Crippen LogP contribution in [-0.4, -0.2) is 37.6 Å². The van der Waals surface area contributed by atoms with Crippen LogP contribution in [0.1, 0.15) is 28.8 Å². The van der Waals surface area contributed by atoms with Crippen molar-refractivity contribution >= 4 is 43.5 Å². The van der Waals surface area contributed by atoms with Crippen LogP contribution in [0, 0.1) is 0 Å². The van der Waals surface area contributed by atoms with E-state index in [4.69, 9.17) is 5.73 Å². The molecule has 9 heteroatoms. The van der Waals surface area contributed by atoms with Crippen molar-refractivity contribution in [1.82, 2.24) is 4.31 Å². The molecule has 3 rings (SSSR count). The van der Waals surface area contributed by atoms with Gasteiger partial charge in [0.1, 0.15) is 0 Å². The average Bonchev–Trinajstić information content (AvgIpc) is 3.18. The molecule has 1 heterocycles. The van der Waals surface area contributed by atoms with Crippen molar-refractivity contribution in [2.75, 3.05) is 18.4 Å². The lowest BCUT2D eigenvalue weighted by molar-refractivity contribution is -0.117. The Morgan fingerprint density at radius 1 is 1.11 bits per heavy atom. The number of hydrogen-bond donors (Lipinski definition) is 2. The molecule has 7 nitrogen and oxygen atoms in total. The number of hydrogen-bond acceptors (Lipinski definition) is 4. The highest BCUT2D eigenvalue weighted by atomic mass is 79.9. The number of nitrogens with zero attached hydrogens (tertiary/aromatic N) is 1. The molecule has 3 N–H and O–H groups in total. The Hall–Kier alpha value is -2.23. The van der Waals surface area contributed by atoms with E-state index in [9.17, 15) is 18.0 Å². The van der Waals surface area contributed by atoms with E-state index in [-0.39, 0.29) is 16.9 Å². The molecule has 1 aliphatic heterocycles. The number of carbonyl (C=O) groups excluding carboxylic acids is 2. The van der Waals surface area contributed by atoms with Gasteiger partial charge in [-0.25, -0.2) is 8.42 Å². The molecule has 0 aliphatic carbocycles. The topological polar surface area (TPSA) is 110 Å². The number of primary amides is 1. The summed E-state index contributed by atoms with van der Waals surface area (Å²) in [4.78, 5) is 24.1. The van der Waals surface area contributed by atoms with Gasteiger partial charge in [-0.05, 0) is 58.6 Å². The number of anilines is 1. The molecule has 0 atom stereocenters. The first-order valence-electron chi connectivity index (χ1n) is 8.76. The summed E-state index contributed by atoms with van der Waals surface area (Å²) in [6, 6.07) is 11.2. The number of carbonyl (C=O) groups is 2. The predicted octanol–water partition coefficient (Wildman–Crippen LogP) is 2.51. The van der Waals surface area contributed by atoms with Crippen LogP contribution in [0.5, 0.6) is 0 Å². The van der Waals surface area contributed by atoms with Gasteiger partial charge < -0.3 is 11.1 Å².